The van der Waals surface area contributed by atoms with Gasteiger partial charge in [0.05, 0.1) is 19.8 Å². The summed E-state index contributed by atoms with van der Waals surface area (Å²) >= 11 is 0. The van der Waals surface area contributed by atoms with Gasteiger partial charge in [-0.05, 0) is 17.7 Å². The molecule has 27 heavy (non-hydrogen) atoms. The number of pyridine rings is 1. The Kier molecular flexibility index (Phi) is 4.34. The number of hydrogen-bond donors (Lipinski definition) is 0. The normalized spacial score (nSPS) is 10.7. The van der Waals surface area contributed by atoms with E-state index >= 15 is 0 Å². The van der Waals surface area contributed by atoms with E-state index in [4.69, 9.17) is 13.9 Å². The minimum absolute atomic E-state index is 0.176. The van der Waals surface area contributed by atoms with Crippen LogP contribution in [0.2, 0.25) is 0 Å². The molecule has 2 aromatic carbocycles. The van der Waals surface area contributed by atoms with Gasteiger partial charge in [0.15, 0.2) is 11.0 Å². The Morgan fingerprint density at radius 1 is 0.852 bits per heavy atom. The number of aromatic nitrogens is 1. The van der Waals surface area contributed by atoms with Crippen LogP contribution in [0.25, 0.3) is 33.4 Å². The van der Waals surface area contributed by atoms with Crippen molar-refractivity contribution in [1.29, 1.82) is 0 Å². The molecule has 0 amide bonds. The highest BCUT2D eigenvalue weighted by Crippen LogP contribution is 2.41. The zero-order valence-electron chi connectivity index (χ0n) is 14.9. The summed E-state index contributed by atoms with van der Waals surface area (Å²) in [5.41, 5.74) is 2.58. The monoisotopic (exact) mass is 359 g/mol. The molecule has 2 aromatic heterocycles. The minimum atomic E-state index is -0.176. The molecule has 0 saturated heterocycles. The predicted molar refractivity (Wildman–Crippen MR) is 104 cm³/mol. The summed E-state index contributed by atoms with van der Waals surface area (Å²) in [4.78, 5) is 17.0. The summed E-state index contributed by atoms with van der Waals surface area (Å²) in [6, 6.07) is 16.4. The van der Waals surface area contributed by atoms with Gasteiger partial charge >= 0.3 is 0 Å². The SMILES string of the molecule is COc1cc(OC)c2c(=O)cc(-c3ccccc3)oc2c1-c1ccncc1. The van der Waals surface area contributed by atoms with E-state index in [0.717, 1.165) is 11.1 Å². The summed E-state index contributed by atoms with van der Waals surface area (Å²) < 4.78 is 17.2. The molecule has 5 heteroatoms. The number of rotatable bonds is 4. The lowest BCUT2D eigenvalue weighted by atomic mass is 10.0. The van der Waals surface area contributed by atoms with Crippen LogP contribution in [0.3, 0.4) is 0 Å². The smallest absolute Gasteiger partial charge is 0.197 e. The van der Waals surface area contributed by atoms with E-state index in [1.165, 1.54) is 13.2 Å². The van der Waals surface area contributed by atoms with Gasteiger partial charge in [-0.15, -0.1) is 0 Å². The van der Waals surface area contributed by atoms with Crippen LogP contribution in [0.1, 0.15) is 0 Å². The Labute approximate surface area is 155 Å². The van der Waals surface area contributed by atoms with E-state index in [1.807, 2.05) is 42.5 Å². The zero-order valence-corrected chi connectivity index (χ0v) is 14.9. The van der Waals surface area contributed by atoms with Crippen LogP contribution in [0.5, 0.6) is 11.5 Å². The molecule has 134 valence electrons. The van der Waals surface area contributed by atoms with Crippen molar-refractivity contribution >= 4 is 11.0 Å². The van der Waals surface area contributed by atoms with Crippen LogP contribution in [0.15, 0.2) is 76.2 Å². The first-order chi connectivity index (χ1) is 13.2. The van der Waals surface area contributed by atoms with Gasteiger partial charge in [-0.25, -0.2) is 0 Å². The summed E-state index contributed by atoms with van der Waals surface area (Å²) in [6.45, 7) is 0. The van der Waals surface area contributed by atoms with Gasteiger partial charge in [0.1, 0.15) is 22.6 Å². The second-order valence-corrected chi connectivity index (χ2v) is 5.94. The molecule has 2 heterocycles. The first-order valence-electron chi connectivity index (χ1n) is 8.41. The molecule has 0 bridgehead atoms. The molecule has 0 aliphatic rings. The topological polar surface area (TPSA) is 61.6 Å². The maximum absolute atomic E-state index is 12.9. The second kappa shape index (κ2) is 6.96. The third kappa shape index (κ3) is 2.93. The molecular weight excluding hydrogens is 342 g/mol. The average Bonchev–Trinajstić information content (AvgIpc) is 2.73. The number of ether oxygens (including phenoxy) is 2. The molecular formula is C22H17NO4. The van der Waals surface area contributed by atoms with Crippen LogP contribution in [-0.2, 0) is 0 Å². The Balaban J connectivity index is 2.14. The van der Waals surface area contributed by atoms with Gasteiger partial charge in [0.2, 0.25) is 0 Å². The molecule has 0 aliphatic heterocycles. The molecule has 5 nitrogen and oxygen atoms in total. The third-order valence-corrected chi connectivity index (χ3v) is 4.40. The summed E-state index contributed by atoms with van der Waals surface area (Å²) in [5, 5.41) is 0.379. The Morgan fingerprint density at radius 2 is 1.56 bits per heavy atom. The maximum Gasteiger partial charge on any atom is 0.197 e. The van der Waals surface area contributed by atoms with Crippen molar-refractivity contribution in [2.24, 2.45) is 0 Å². The van der Waals surface area contributed by atoms with Crippen molar-refractivity contribution in [3.63, 3.8) is 0 Å². The quantitative estimate of drug-likeness (QED) is 0.535. The highest BCUT2D eigenvalue weighted by molar-refractivity contribution is 5.99. The fourth-order valence-electron chi connectivity index (χ4n) is 3.14. The number of fused-ring (bicyclic) bond motifs is 1. The van der Waals surface area contributed by atoms with Gasteiger partial charge in [-0.2, -0.15) is 0 Å². The number of nitrogens with zero attached hydrogens (tertiary/aromatic N) is 1. The van der Waals surface area contributed by atoms with Crippen LogP contribution in [0, 0.1) is 0 Å². The van der Waals surface area contributed by atoms with Crippen molar-refractivity contribution < 1.29 is 13.9 Å². The van der Waals surface area contributed by atoms with E-state index in [1.54, 1.807) is 25.6 Å². The molecule has 0 radical (unpaired) electrons. The lowest BCUT2D eigenvalue weighted by Gasteiger charge is -2.15. The lowest BCUT2D eigenvalue weighted by Crippen LogP contribution is -2.05. The molecule has 0 fully saturated rings. The second-order valence-electron chi connectivity index (χ2n) is 5.94. The van der Waals surface area contributed by atoms with Crippen LogP contribution in [-0.4, -0.2) is 19.2 Å². The highest BCUT2D eigenvalue weighted by Gasteiger charge is 2.21. The van der Waals surface area contributed by atoms with Crippen molar-refractivity contribution in [2.75, 3.05) is 14.2 Å². The van der Waals surface area contributed by atoms with Crippen molar-refractivity contribution in [2.45, 2.75) is 0 Å². The average molecular weight is 359 g/mol. The fourth-order valence-corrected chi connectivity index (χ4v) is 3.14. The first-order valence-corrected chi connectivity index (χ1v) is 8.41. The Morgan fingerprint density at radius 3 is 2.22 bits per heavy atom. The molecule has 0 saturated carbocycles. The van der Waals surface area contributed by atoms with Crippen LogP contribution in [0.4, 0.5) is 0 Å². The minimum Gasteiger partial charge on any atom is -0.496 e. The molecule has 0 aliphatic carbocycles. The summed E-state index contributed by atoms with van der Waals surface area (Å²) in [7, 11) is 3.09. The van der Waals surface area contributed by atoms with Crippen molar-refractivity contribution in [3.8, 4) is 33.9 Å². The van der Waals surface area contributed by atoms with E-state index in [9.17, 15) is 4.79 Å². The number of methoxy groups -OCH3 is 2. The lowest BCUT2D eigenvalue weighted by molar-refractivity contribution is 0.397. The number of hydrogen-bond acceptors (Lipinski definition) is 5. The zero-order chi connectivity index (χ0) is 18.8. The molecule has 4 aromatic rings. The largest absolute Gasteiger partial charge is 0.496 e. The van der Waals surface area contributed by atoms with E-state index in [-0.39, 0.29) is 5.43 Å². The standard InChI is InChI=1S/C22H17NO4/c1-25-18-13-19(26-2)21-16(24)12-17(14-6-4-3-5-7-14)27-22(21)20(18)15-8-10-23-11-9-15/h3-13H,1-2H3. The third-order valence-electron chi connectivity index (χ3n) is 4.40. The van der Waals surface area contributed by atoms with Crippen molar-refractivity contribution in [1.82, 2.24) is 4.98 Å². The molecule has 0 N–H and O–H groups in total. The summed E-state index contributed by atoms with van der Waals surface area (Å²) in [5.74, 6) is 1.45. The Hall–Kier alpha value is -3.60. The Bertz CT molecular complexity index is 1150. The number of benzene rings is 2. The summed E-state index contributed by atoms with van der Waals surface area (Å²) in [6.07, 6.45) is 3.37. The van der Waals surface area contributed by atoms with Crippen molar-refractivity contribution in [3.05, 3.63) is 77.2 Å². The van der Waals surface area contributed by atoms with Gasteiger partial charge in [-0.1, -0.05) is 30.3 Å². The molecule has 0 unspecified atom stereocenters. The molecule has 4 rings (SSSR count). The van der Waals surface area contributed by atoms with Gasteiger partial charge in [0, 0.05) is 30.1 Å². The molecule has 0 atom stereocenters. The van der Waals surface area contributed by atoms with Crippen LogP contribution < -0.4 is 14.9 Å². The van der Waals surface area contributed by atoms with Gasteiger partial charge in [0.25, 0.3) is 0 Å². The van der Waals surface area contributed by atoms with E-state index in [0.29, 0.717) is 33.8 Å². The first kappa shape index (κ1) is 16.8. The highest BCUT2D eigenvalue weighted by atomic mass is 16.5. The van der Waals surface area contributed by atoms with E-state index < -0.39 is 0 Å². The van der Waals surface area contributed by atoms with Crippen LogP contribution >= 0.6 is 0 Å². The van der Waals surface area contributed by atoms with Gasteiger partial charge < -0.3 is 13.9 Å². The fraction of sp³-hybridized carbons (Fsp3) is 0.0909. The maximum atomic E-state index is 12.9. The van der Waals surface area contributed by atoms with E-state index in [2.05, 4.69) is 4.98 Å². The molecule has 0 spiro atoms. The predicted octanol–water partition coefficient (Wildman–Crippen LogP) is 4.54. The van der Waals surface area contributed by atoms with Gasteiger partial charge in [-0.3, -0.25) is 9.78 Å².